The maximum absolute atomic E-state index is 6.59. The lowest BCUT2D eigenvalue weighted by Gasteiger charge is -2.25. The number of fused-ring (bicyclic) bond motifs is 4. The van der Waals surface area contributed by atoms with Gasteiger partial charge in [-0.1, -0.05) is 84.4 Å². The lowest BCUT2D eigenvalue weighted by molar-refractivity contribution is 0.256. The van der Waals surface area contributed by atoms with E-state index in [9.17, 15) is 0 Å². The first-order valence-corrected chi connectivity index (χ1v) is 21.1. The molecule has 0 saturated heterocycles. The van der Waals surface area contributed by atoms with Gasteiger partial charge in [-0.25, -0.2) is 0 Å². The molecule has 0 aliphatic carbocycles. The van der Waals surface area contributed by atoms with E-state index >= 15 is 0 Å². The van der Waals surface area contributed by atoms with Crippen LogP contribution in [0.15, 0.2) is 109 Å². The van der Waals surface area contributed by atoms with Crippen molar-refractivity contribution in [2.75, 3.05) is 52.4 Å². The summed E-state index contributed by atoms with van der Waals surface area (Å²) in [7, 11) is 0. The fraction of sp³-hybridized carbons (Fsp3) is 0.404. The summed E-state index contributed by atoms with van der Waals surface area (Å²) in [4.78, 5) is 14.8. The number of rotatable bonds is 7. The zero-order valence-corrected chi connectivity index (χ0v) is 47.3. The van der Waals surface area contributed by atoms with Crippen LogP contribution in [0.3, 0.4) is 0 Å². The summed E-state index contributed by atoms with van der Waals surface area (Å²) in [5.41, 5.74) is 10.9. The first-order chi connectivity index (χ1) is 27.6. The molecule has 4 heterocycles. The average molecular weight is 1290 g/mol. The van der Waals surface area contributed by atoms with Crippen molar-refractivity contribution in [2.24, 2.45) is 0 Å². The van der Waals surface area contributed by atoms with Crippen molar-refractivity contribution in [3.8, 4) is 0 Å². The standard InChI is InChI=1S/C47H59ClN8.6BrH.2H2O/c48-42-9-1-8-41(30-42)47(39-18-14-37(15-19-39)35-55-26-4-22-49-31-43-10-2-11-44(53-43)32-50-23-5-27-55)40-20-16-38(17-21-40)36-56-28-6-24-51-33-45-12-3-13-46(54-45)34-52-25-7-29-56;;;;;;;;/h1-3,8-21,30,47,49-52H,4-7,22-29,31-36H2;6*1H;2*1H2. The fourth-order valence-corrected chi connectivity index (χ4v) is 8.18. The molecule has 7 rings (SSSR count). The van der Waals surface area contributed by atoms with Crippen molar-refractivity contribution in [3.05, 3.63) is 165 Å². The number of hydrogen-bond donors (Lipinski definition) is 4. The van der Waals surface area contributed by atoms with E-state index < -0.39 is 0 Å². The van der Waals surface area contributed by atoms with Crippen molar-refractivity contribution < 1.29 is 11.0 Å². The summed E-state index contributed by atoms with van der Waals surface area (Å²) in [6, 6.07) is 39.7. The quantitative estimate of drug-likeness (QED) is 0.118. The van der Waals surface area contributed by atoms with Crippen molar-refractivity contribution in [1.82, 2.24) is 41.0 Å². The Morgan fingerprint density at radius 1 is 0.438 bits per heavy atom. The van der Waals surface area contributed by atoms with Gasteiger partial charge in [-0.2, -0.15) is 0 Å². The second-order valence-electron chi connectivity index (χ2n) is 15.4. The molecule has 2 aliphatic rings. The third-order valence-corrected chi connectivity index (χ3v) is 11.1. The molecule has 2 aromatic heterocycles. The van der Waals surface area contributed by atoms with Gasteiger partial charge in [0.05, 0.1) is 22.8 Å². The first kappa shape index (κ1) is 64.9. The van der Waals surface area contributed by atoms with Gasteiger partial charge >= 0.3 is 0 Å². The highest BCUT2D eigenvalue weighted by molar-refractivity contribution is 8.93. The number of pyridine rings is 2. The summed E-state index contributed by atoms with van der Waals surface area (Å²) >= 11 is 6.59. The predicted molar refractivity (Wildman–Crippen MR) is 299 cm³/mol. The number of halogens is 7. The Kier molecular flexibility index (Phi) is 36.4. The third kappa shape index (κ3) is 21.4. The maximum atomic E-state index is 6.59. The molecule has 5 aromatic rings. The molecule has 8 N–H and O–H groups in total. The summed E-state index contributed by atoms with van der Waals surface area (Å²) < 4.78 is 0. The van der Waals surface area contributed by atoms with Crippen LogP contribution in [0.1, 0.15) is 82.2 Å². The van der Waals surface area contributed by atoms with Gasteiger partial charge in [0.1, 0.15) is 0 Å². The molecular formula is C47H69Br6ClN8O2. The van der Waals surface area contributed by atoms with Gasteiger partial charge in [0.25, 0.3) is 0 Å². The van der Waals surface area contributed by atoms with Crippen LogP contribution < -0.4 is 21.3 Å². The normalized spacial score (nSPS) is 15.3. The van der Waals surface area contributed by atoms with Crippen LogP contribution in [-0.2, 0) is 39.3 Å². The van der Waals surface area contributed by atoms with Crippen molar-refractivity contribution in [2.45, 2.75) is 70.9 Å². The second-order valence-corrected chi connectivity index (χ2v) is 15.8. The molecule has 4 bridgehead atoms. The van der Waals surface area contributed by atoms with Crippen LogP contribution in [-0.4, -0.2) is 83.1 Å². The summed E-state index contributed by atoms with van der Waals surface area (Å²) in [6.45, 7) is 13.4. The topological polar surface area (TPSA) is 143 Å². The van der Waals surface area contributed by atoms with Gasteiger partial charge in [0.15, 0.2) is 0 Å². The van der Waals surface area contributed by atoms with E-state index in [1.807, 2.05) is 6.07 Å². The van der Waals surface area contributed by atoms with Crippen molar-refractivity contribution >= 4 is 113 Å². The van der Waals surface area contributed by atoms with E-state index in [4.69, 9.17) is 21.6 Å². The smallest absolute Gasteiger partial charge is 0.0545 e. The third-order valence-electron chi connectivity index (χ3n) is 10.9. The van der Waals surface area contributed by atoms with Gasteiger partial charge in [-0.05, 0) is 142 Å². The van der Waals surface area contributed by atoms with Gasteiger partial charge in [0.2, 0.25) is 0 Å². The van der Waals surface area contributed by atoms with Crippen molar-refractivity contribution in [1.29, 1.82) is 0 Å². The minimum absolute atomic E-state index is 0. The van der Waals surface area contributed by atoms with Gasteiger partial charge < -0.3 is 32.2 Å². The van der Waals surface area contributed by atoms with E-state index in [0.717, 1.165) is 145 Å². The summed E-state index contributed by atoms with van der Waals surface area (Å²) in [6.07, 6.45) is 4.43. The lowest BCUT2D eigenvalue weighted by Crippen LogP contribution is -2.30. The fourth-order valence-electron chi connectivity index (χ4n) is 7.98. The van der Waals surface area contributed by atoms with Gasteiger partial charge in [-0.15, -0.1) is 102 Å². The average Bonchev–Trinajstić information content (AvgIpc) is 3.21. The minimum atomic E-state index is 0. The maximum Gasteiger partial charge on any atom is 0.0545 e. The molecular weight excluding hydrogens is 1220 g/mol. The van der Waals surface area contributed by atoms with Crippen LogP contribution in [0.25, 0.3) is 0 Å². The molecule has 0 saturated carbocycles. The van der Waals surface area contributed by atoms with Crippen LogP contribution in [0.4, 0.5) is 0 Å². The number of nitrogens with one attached hydrogen (secondary N) is 4. The monoisotopic (exact) mass is 1290 g/mol. The number of nitrogens with zero attached hydrogens (tertiary/aromatic N) is 4. The molecule has 0 spiro atoms. The summed E-state index contributed by atoms with van der Waals surface area (Å²) in [5, 5.41) is 15.2. The zero-order valence-electron chi connectivity index (χ0n) is 36.3. The number of aromatic nitrogens is 2. The minimum Gasteiger partial charge on any atom is -0.412 e. The Hall–Kier alpha value is -1.19. The molecule has 0 radical (unpaired) electrons. The molecule has 17 heteroatoms. The van der Waals surface area contributed by atoms with E-state index in [2.05, 4.69) is 134 Å². The lowest BCUT2D eigenvalue weighted by atomic mass is 9.84. The SMILES string of the molecule is Br.Br.Br.Br.Br.Br.Clc1cccc(C(c2ccc(CN3CCCNCc4cccc(n4)CNCCC3)cc2)c2ccc(CN3CCCNCc4cccc(n4)CNCCC3)cc2)c1.O.O. The molecule has 10 nitrogen and oxygen atoms in total. The molecule has 2 aliphatic heterocycles. The van der Waals surface area contributed by atoms with Crippen molar-refractivity contribution in [3.63, 3.8) is 0 Å². The second kappa shape index (κ2) is 35.9. The van der Waals surface area contributed by atoms with E-state index in [-0.39, 0.29) is 119 Å². The van der Waals surface area contributed by atoms with E-state index in [1.165, 1.54) is 27.8 Å². The van der Waals surface area contributed by atoms with Gasteiger partial charge in [0, 0.05) is 50.2 Å². The largest absolute Gasteiger partial charge is 0.412 e. The Labute approximate surface area is 449 Å². The highest BCUT2D eigenvalue weighted by atomic mass is 79.9. The van der Waals surface area contributed by atoms with Gasteiger partial charge in [-0.3, -0.25) is 19.8 Å². The number of hydrogen-bond acceptors (Lipinski definition) is 8. The highest BCUT2D eigenvalue weighted by Gasteiger charge is 2.19. The Balaban J connectivity index is 0. The zero-order chi connectivity index (χ0) is 38.2. The molecule has 0 unspecified atom stereocenters. The molecule has 64 heavy (non-hydrogen) atoms. The Morgan fingerprint density at radius 2 is 0.766 bits per heavy atom. The van der Waals surface area contributed by atoms with E-state index in [1.54, 1.807) is 0 Å². The van der Waals surface area contributed by atoms with Crippen LogP contribution in [0.5, 0.6) is 0 Å². The number of benzene rings is 3. The summed E-state index contributed by atoms with van der Waals surface area (Å²) in [5.74, 6) is 0.0959. The van der Waals surface area contributed by atoms with Crippen LogP contribution in [0, 0.1) is 0 Å². The van der Waals surface area contributed by atoms with Crippen LogP contribution >= 0.6 is 113 Å². The molecule has 3 aromatic carbocycles. The van der Waals surface area contributed by atoms with E-state index in [0.29, 0.717) is 0 Å². The Bertz CT molecular complexity index is 1780. The molecule has 0 amide bonds. The highest BCUT2D eigenvalue weighted by Crippen LogP contribution is 2.34. The first-order valence-electron chi connectivity index (χ1n) is 20.7. The molecule has 358 valence electrons. The molecule has 0 fully saturated rings. The Morgan fingerprint density at radius 3 is 1.09 bits per heavy atom. The molecule has 0 atom stereocenters. The predicted octanol–water partition coefficient (Wildman–Crippen LogP) is 9.08. The van der Waals surface area contributed by atoms with Crippen LogP contribution in [0.2, 0.25) is 5.02 Å².